The maximum atomic E-state index is 13.2. The smallest absolute Gasteiger partial charge is 0.125 e. The van der Waals surface area contributed by atoms with Crippen LogP contribution in [-0.2, 0) is 0 Å². The third-order valence-electron chi connectivity index (χ3n) is 3.48. The van der Waals surface area contributed by atoms with Gasteiger partial charge in [-0.2, -0.15) is 0 Å². The predicted molar refractivity (Wildman–Crippen MR) is 82.5 cm³/mol. The second-order valence-corrected chi connectivity index (χ2v) is 6.27. The van der Waals surface area contributed by atoms with Crippen LogP contribution < -0.4 is 5.32 Å². The maximum absolute atomic E-state index is 13.2. The summed E-state index contributed by atoms with van der Waals surface area (Å²) in [5.41, 5.74) is 0.803. The minimum atomic E-state index is -0.319. The van der Waals surface area contributed by atoms with E-state index in [2.05, 4.69) is 33.1 Å². The molecule has 2 rings (SSSR count). The summed E-state index contributed by atoms with van der Waals surface area (Å²) in [5, 5.41) is 3.87. The second-order valence-electron chi connectivity index (χ2n) is 5.00. The minimum Gasteiger partial charge on any atom is -0.380 e. The van der Waals surface area contributed by atoms with Crippen molar-refractivity contribution in [2.45, 2.75) is 32.2 Å². The van der Waals surface area contributed by atoms with Crippen LogP contribution in [0.4, 0.5) is 10.1 Å². The standard InChI is InChI=1S/C14H19BrClFN2/c1-2-5-19-6-3-11(4-7-19)18-14-12(15)8-10(17)9-13(14)16/h8-9,11,18H,2-7H2,1H3. The first-order chi connectivity index (χ1) is 9.10. The fraction of sp³-hybridized carbons (Fsp3) is 0.571. The van der Waals surface area contributed by atoms with Crippen LogP contribution in [0.5, 0.6) is 0 Å². The van der Waals surface area contributed by atoms with Gasteiger partial charge in [0.1, 0.15) is 5.82 Å². The summed E-state index contributed by atoms with van der Waals surface area (Å²) >= 11 is 9.45. The zero-order valence-corrected chi connectivity index (χ0v) is 13.4. The highest BCUT2D eigenvalue weighted by molar-refractivity contribution is 9.10. The molecule has 1 saturated heterocycles. The number of hydrogen-bond acceptors (Lipinski definition) is 2. The van der Waals surface area contributed by atoms with Crippen LogP contribution >= 0.6 is 27.5 Å². The SMILES string of the molecule is CCCN1CCC(Nc2c(Cl)cc(F)cc2Br)CC1. The van der Waals surface area contributed by atoms with Gasteiger partial charge in [-0.15, -0.1) is 0 Å². The van der Waals surface area contributed by atoms with Gasteiger partial charge in [0.2, 0.25) is 0 Å². The van der Waals surface area contributed by atoms with Crippen molar-refractivity contribution in [2.24, 2.45) is 0 Å². The van der Waals surface area contributed by atoms with E-state index in [9.17, 15) is 4.39 Å². The molecule has 1 aromatic carbocycles. The van der Waals surface area contributed by atoms with Crippen LogP contribution in [0.25, 0.3) is 0 Å². The summed E-state index contributed by atoms with van der Waals surface area (Å²) in [6.07, 6.45) is 3.40. The number of benzene rings is 1. The Morgan fingerprint density at radius 2 is 2.11 bits per heavy atom. The lowest BCUT2D eigenvalue weighted by atomic mass is 10.0. The van der Waals surface area contributed by atoms with Crippen molar-refractivity contribution in [1.29, 1.82) is 0 Å². The zero-order valence-electron chi connectivity index (χ0n) is 11.1. The van der Waals surface area contributed by atoms with E-state index in [1.54, 1.807) is 0 Å². The van der Waals surface area contributed by atoms with E-state index in [0.717, 1.165) is 31.6 Å². The molecule has 0 aromatic heterocycles. The summed E-state index contributed by atoms with van der Waals surface area (Å²) in [6.45, 7) is 5.61. The normalized spacial score (nSPS) is 17.7. The lowest BCUT2D eigenvalue weighted by molar-refractivity contribution is 0.219. The van der Waals surface area contributed by atoms with Gasteiger partial charge >= 0.3 is 0 Å². The minimum absolute atomic E-state index is 0.319. The highest BCUT2D eigenvalue weighted by atomic mass is 79.9. The van der Waals surface area contributed by atoms with E-state index >= 15 is 0 Å². The van der Waals surface area contributed by atoms with Crippen LogP contribution in [-0.4, -0.2) is 30.6 Å². The van der Waals surface area contributed by atoms with Crippen molar-refractivity contribution in [1.82, 2.24) is 4.90 Å². The van der Waals surface area contributed by atoms with Crippen molar-refractivity contribution in [3.05, 3.63) is 27.4 Å². The molecule has 1 aliphatic heterocycles. The van der Waals surface area contributed by atoms with Crippen LogP contribution in [0.3, 0.4) is 0 Å². The lowest BCUT2D eigenvalue weighted by Crippen LogP contribution is -2.39. The number of anilines is 1. The lowest BCUT2D eigenvalue weighted by Gasteiger charge is -2.33. The molecule has 0 saturated carbocycles. The number of rotatable bonds is 4. The van der Waals surface area contributed by atoms with Gasteiger partial charge in [-0.25, -0.2) is 4.39 Å². The summed E-state index contributed by atoms with van der Waals surface area (Å²) < 4.78 is 13.9. The van der Waals surface area contributed by atoms with Crippen LogP contribution in [0.2, 0.25) is 5.02 Å². The molecule has 0 amide bonds. The number of nitrogens with zero attached hydrogens (tertiary/aromatic N) is 1. The van der Waals surface area contributed by atoms with Gasteiger partial charge in [-0.3, -0.25) is 0 Å². The third kappa shape index (κ3) is 4.07. The Bertz CT molecular complexity index is 410. The van der Waals surface area contributed by atoms with E-state index in [-0.39, 0.29) is 5.82 Å². The summed E-state index contributed by atoms with van der Waals surface area (Å²) in [7, 11) is 0. The molecular formula is C14H19BrClFN2. The van der Waals surface area contributed by atoms with Gasteiger partial charge in [0.25, 0.3) is 0 Å². The van der Waals surface area contributed by atoms with Gasteiger partial charge in [0.15, 0.2) is 0 Å². The van der Waals surface area contributed by atoms with Gasteiger partial charge in [0.05, 0.1) is 10.7 Å². The largest absolute Gasteiger partial charge is 0.380 e. The van der Waals surface area contributed by atoms with Crippen LogP contribution in [0, 0.1) is 5.82 Å². The summed E-state index contributed by atoms with van der Waals surface area (Å²) in [5.74, 6) is -0.319. The average molecular weight is 350 g/mol. The van der Waals surface area contributed by atoms with Crippen molar-refractivity contribution >= 4 is 33.2 Å². The van der Waals surface area contributed by atoms with Gasteiger partial charge < -0.3 is 10.2 Å². The summed E-state index contributed by atoms with van der Waals surface area (Å²) in [6, 6.07) is 3.20. The molecule has 0 bridgehead atoms. The molecule has 0 radical (unpaired) electrons. The topological polar surface area (TPSA) is 15.3 Å². The third-order valence-corrected chi connectivity index (χ3v) is 4.41. The highest BCUT2D eigenvalue weighted by Gasteiger charge is 2.20. The van der Waals surface area contributed by atoms with E-state index in [1.165, 1.54) is 25.1 Å². The molecule has 1 heterocycles. The number of nitrogens with one attached hydrogen (secondary N) is 1. The molecule has 106 valence electrons. The van der Waals surface area contributed by atoms with Gasteiger partial charge in [0, 0.05) is 23.6 Å². The Kier molecular flexibility index (Phi) is 5.48. The van der Waals surface area contributed by atoms with E-state index in [4.69, 9.17) is 11.6 Å². The quantitative estimate of drug-likeness (QED) is 0.859. The maximum Gasteiger partial charge on any atom is 0.125 e. The van der Waals surface area contributed by atoms with Crippen molar-refractivity contribution < 1.29 is 4.39 Å². The van der Waals surface area contributed by atoms with Gasteiger partial charge in [-0.1, -0.05) is 18.5 Å². The van der Waals surface area contributed by atoms with Crippen LogP contribution in [0.15, 0.2) is 16.6 Å². The van der Waals surface area contributed by atoms with Crippen molar-refractivity contribution in [3.8, 4) is 0 Å². The fourth-order valence-electron chi connectivity index (χ4n) is 2.50. The van der Waals surface area contributed by atoms with Crippen molar-refractivity contribution in [2.75, 3.05) is 25.0 Å². The number of likely N-dealkylation sites (tertiary alicyclic amines) is 1. The second kappa shape index (κ2) is 6.91. The van der Waals surface area contributed by atoms with E-state index in [1.807, 2.05) is 0 Å². The molecule has 0 aliphatic carbocycles. The first-order valence-electron chi connectivity index (χ1n) is 6.73. The Morgan fingerprint density at radius 3 is 2.68 bits per heavy atom. The molecule has 0 unspecified atom stereocenters. The molecule has 1 fully saturated rings. The molecule has 0 spiro atoms. The first kappa shape index (κ1) is 15.1. The first-order valence-corrected chi connectivity index (χ1v) is 7.90. The monoisotopic (exact) mass is 348 g/mol. The molecule has 1 aromatic rings. The predicted octanol–water partition coefficient (Wildman–Crippen LogP) is 4.53. The number of halogens is 3. The molecule has 0 atom stereocenters. The average Bonchev–Trinajstić information content (AvgIpc) is 2.36. The fourth-order valence-corrected chi connectivity index (χ4v) is 3.42. The molecule has 19 heavy (non-hydrogen) atoms. The molecule has 5 heteroatoms. The number of piperidine rings is 1. The van der Waals surface area contributed by atoms with E-state index in [0.29, 0.717) is 15.5 Å². The van der Waals surface area contributed by atoms with Crippen LogP contribution in [0.1, 0.15) is 26.2 Å². The summed E-state index contributed by atoms with van der Waals surface area (Å²) in [4.78, 5) is 2.49. The van der Waals surface area contributed by atoms with E-state index < -0.39 is 0 Å². The highest BCUT2D eigenvalue weighted by Crippen LogP contribution is 2.33. The molecule has 2 nitrogen and oxygen atoms in total. The molecule has 1 aliphatic rings. The Balaban J connectivity index is 1.96. The van der Waals surface area contributed by atoms with Crippen molar-refractivity contribution in [3.63, 3.8) is 0 Å². The Morgan fingerprint density at radius 1 is 1.42 bits per heavy atom. The Hall–Kier alpha value is -0.320. The van der Waals surface area contributed by atoms with Gasteiger partial charge in [-0.05, 0) is 53.9 Å². The number of hydrogen-bond donors (Lipinski definition) is 1. The molecule has 1 N–H and O–H groups in total. The molecular weight excluding hydrogens is 331 g/mol. The zero-order chi connectivity index (χ0) is 13.8. The Labute approximate surface area is 127 Å².